The van der Waals surface area contributed by atoms with E-state index in [2.05, 4.69) is 15.2 Å². The van der Waals surface area contributed by atoms with Gasteiger partial charge in [-0.15, -0.1) is 10.2 Å². The topological polar surface area (TPSA) is 126 Å². The quantitative estimate of drug-likeness (QED) is 0.242. The third-order valence-corrected chi connectivity index (χ3v) is 5.06. The van der Waals surface area contributed by atoms with Crippen molar-refractivity contribution in [1.82, 2.24) is 20.2 Å². The van der Waals surface area contributed by atoms with Crippen LogP contribution in [0, 0.1) is 11.8 Å². The van der Waals surface area contributed by atoms with Crippen molar-refractivity contribution in [3.05, 3.63) is 23.2 Å². The highest BCUT2D eigenvalue weighted by Crippen LogP contribution is 2.31. The smallest absolute Gasteiger partial charge is 0.267 e. The molecule has 0 saturated heterocycles. The summed E-state index contributed by atoms with van der Waals surface area (Å²) < 4.78 is 0. The molecule has 1 aromatic heterocycles. The average molecular weight is 393 g/mol. The standard InChI is InChI=1S/C17H21ClN6O3/c18-13-5-6-14-15(8-13)20-17(22-21-14)24(19)16(26)12(9-23(27)10-25)7-11-3-1-2-4-11/h5-6,8,10-12,27H,1-4,7,9,19H2/t12-/m1/s1. The number of nitrogens with two attached hydrogens (primary N) is 1. The number of aromatic nitrogens is 3. The minimum atomic E-state index is -0.660. The number of carbonyl (C=O) groups is 2. The first-order valence-electron chi connectivity index (χ1n) is 8.77. The van der Waals surface area contributed by atoms with Gasteiger partial charge in [0, 0.05) is 5.02 Å². The minimum absolute atomic E-state index is 0.0678. The predicted octanol–water partition coefficient (Wildman–Crippen LogP) is 1.93. The number of fused-ring (bicyclic) bond motifs is 1. The lowest BCUT2D eigenvalue weighted by molar-refractivity contribution is -0.154. The van der Waals surface area contributed by atoms with Crippen LogP contribution in [0.25, 0.3) is 11.0 Å². The Labute approximate surface area is 161 Å². The van der Waals surface area contributed by atoms with Crippen LogP contribution in [-0.4, -0.2) is 44.3 Å². The van der Waals surface area contributed by atoms with Gasteiger partial charge in [0.05, 0.1) is 18.0 Å². The van der Waals surface area contributed by atoms with E-state index in [9.17, 15) is 14.8 Å². The molecule has 1 fully saturated rings. The van der Waals surface area contributed by atoms with Gasteiger partial charge in [-0.25, -0.2) is 20.9 Å². The van der Waals surface area contributed by atoms with Crippen LogP contribution in [0.4, 0.5) is 5.95 Å². The molecule has 3 rings (SSSR count). The number of hydrazine groups is 1. The van der Waals surface area contributed by atoms with Gasteiger partial charge in [0.2, 0.25) is 12.3 Å². The number of nitrogens with zero attached hydrogens (tertiary/aromatic N) is 5. The zero-order chi connectivity index (χ0) is 19.4. The summed E-state index contributed by atoms with van der Waals surface area (Å²) in [6, 6.07) is 4.93. The highest BCUT2D eigenvalue weighted by Gasteiger charge is 2.30. The molecular formula is C17H21ClN6O3. The Kier molecular flexibility index (Phi) is 6.15. The summed E-state index contributed by atoms with van der Waals surface area (Å²) >= 11 is 5.97. The number of carbonyl (C=O) groups excluding carboxylic acids is 2. The van der Waals surface area contributed by atoms with Gasteiger partial charge in [-0.2, -0.15) is 0 Å². The maximum absolute atomic E-state index is 12.9. The first-order valence-corrected chi connectivity index (χ1v) is 9.15. The molecule has 1 aliphatic rings. The molecule has 0 radical (unpaired) electrons. The molecule has 2 amide bonds. The average Bonchev–Trinajstić information content (AvgIpc) is 3.18. The number of amides is 2. The van der Waals surface area contributed by atoms with E-state index in [1.54, 1.807) is 18.2 Å². The van der Waals surface area contributed by atoms with Crippen molar-refractivity contribution in [2.45, 2.75) is 32.1 Å². The Balaban J connectivity index is 1.81. The number of rotatable bonds is 7. The van der Waals surface area contributed by atoms with E-state index < -0.39 is 11.8 Å². The van der Waals surface area contributed by atoms with Gasteiger partial charge in [0.1, 0.15) is 5.52 Å². The first kappa shape index (κ1) is 19.4. The number of hydroxylamine groups is 2. The summed E-state index contributed by atoms with van der Waals surface area (Å²) in [6.45, 7) is -0.140. The van der Waals surface area contributed by atoms with Crippen LogP contribution >= 0.6 is 11.6 Å². The second-order valence-electron chi connectivity index (χ2n) is 6.76. The second kappa shape index (κ2) is 8.55. The molecule has 1 aliphatic carbocycles. The Hall–Kier alpha value is -2.36. The molecule has 2 aromatic rings. The summed E-state index contributed by atoms with van der Waals surface area (Å²) in [4.78, 5) is 27.9. The predicted molar refractivity (Wildman–Crippen MR) is 98.6 cm³/mol. The fourth-order valence-electron chi connectivity index (χ4n) is 3.47. The molecule has 3 N–H and O–H groups in total. The van der Waals surface area contributed by atoms with Gasteiger partial charge >= 0.3 is 0 Å². The van der Waals surface area contributed by atoms with Crippen molar-refractivity contribution in [1.29, 1.82) is 0 Å². The monoisotopic (exact) mass is 392 g/mol. The van der Waals surface area contributed by atoms with Gasteiger partial charge in [-0.1, -0.05) is 37.3 Å². The van der Waals surface area contributed by atoms with Crippen LogP contribution in [0.2, 0.25) is 5.02 Å². The second-order valence-corrected chi connectivity index (χ2v) is 7.20. The van der Waals surface area contributed by atoms with E-state index in [0.29, 0.717) is 33.5 Å². The Morgan fingerprint density at radius 3 is 2.78 bits per heavy atom. The lowest BCUT2D eigenvalue weighted by Crippen LogP contribution is -2.46. The van der Waals surface area contributed by atoms with Gasteiger partial charge < -0.3 is 0 Å². The number of hydrogen-bond acceptors (Lipinski definition) is 7. The molecule has 1 saturated carbocycles. The van der Waals surface area contributed by atoms with Crippen LogP contribution < -0.4 is 10.9 Å². The maximum Gasteiger partial charge on any atom is 0.267 e. The van der Waals surface area contributed by atoms with Crippen LogP contribution in [0.1, 0.15) is 32.1 Å². The number of hydrogen-bond donors (Lipinski definition) is 2. The lowest BCUT2D eigenvalue weighted by atomic mass is 9.92. The SMILES string of the molecule is NN(C(=O)[C@H](CC1CCCC1)CN(O)C=O)c1nnc2ccc(Cl)cc2n1. The van der Waals surface area contributed by atoms with E-state index in [4.69, 9.17) is 17.4 Å². The fourth-order valence-corrected chi connectivity index (χ4v) is 3.63. The molecule has 0 unspecified atom stereocenters. The largest absolute Gasteiger partial charge is 0.286 e. The lowest BCUT2D eigenvalue weighted by Gasteiger charge is -2.25. The Bertz CT molecular complexity index is 829. The van der Waals surface area contributed by atoms with E-state index in [-0.39, 0.29) is 18.9 Å². The molecular weight excluding hydrogens is 372 g/mol. The molecule has 1 heterocycles. The van der Waals surface area contributed by atoms with E-state index in [1.807, 2.05) is 0 Å². The Morgan fingerprint density at radius 1 is 1.33 bits per heavy atom. The highest BCUT2D eigenvalue weighted by molar-refractivity contribution is 6.31. The summed E-state index contributed by atoms with van der Waals surface area (Å²) in [5.41, 5.74) is 0.980. The molecule has 10 heteroatoms. The maximum atomic E-state index is 12.9. The zero-order valence-electron chi connectivity index (χ0n) is 14.7. The van der Waals surface area contributed by atoms with E-state index in [1.165, 1.54) is 0 Å². The van der Waals surface area contributed by atoms with Crippen molar-refractivity contribution < 1.29 is 14.8 Å². The normalized spacial score (nSPS) is 15.7. The molecule has 1 aromatic carbocycles. The van der Waals surface area contributed by atoms with Crippen molar-refractivity contribution in [2.24, 2.45) is 17.7 Å². The van der Waals surface area contributed by atoms with Gasteiger partial charge in [-0.3, -0.25) is 14.8 Å². The Morgan fingerprint density at radius 2 is 2.07 bits per heavy atom. The van der Waals surface area contributed by atoms with Crippen molar-refractivity contribution in [3.63, 3.8) is 0 Å². The highest BCUT2D eigenvalue weighted by atomic mass is 35.5. The fraction of sp³-hybridized carbons (Fsp3) is 0.471. The summed E-state index contributed by atoms with van der Waals surface area (Å²) in [6.07, 6.45) is 5.08. The van der Waals surface area contributed by atoms with E-state index >= 15 is 0 Å². The number of anilines is 1. The van der Waals surface area contributed by atoms with Crippen molar-refractivity contribution in [2.75, 3.05) is 11.6 Å². The van der Waals surface area contributed by atoms with Crippen molar-refractivity contribution >= 4 is 40.9 Å². The van der Waals surface area contributed by atoms with Gasteiger partial charge in [-0.05, 0) is 30.5 Å². The molecule has 0 aliphatic heterocycles. The van der Waals surface area contributed by atoms with E-state index in [0.717, 1.165) is 30.7 Å². The van der Waals surface area contributed by atoms with Crippen LogP contribution in [0.15, 0.2) is 18.2 Å². The molecule has 144 valence electrons. The molecule has 0 bridgehead atoms. The number of halogens is 1. The number of benzene rings is 1. The molecule has 27 heavy (non-hydrogen) atoms. The summed E-state index contributed by atoms with van der Waals surface area (Å²) in [5.74, 6) is 5.11. The molecule has 1 atom stereocenters. The zero-order valence-corrected chi connectivity index (χ0v) is 15.4. The summed E-state index contributed by atoms with van der Waals surface area (Å²) in [5, 5.41) is 19.2. The third kappa shape index (κ3) is 4.68. The summed E-state index contributed by atoms with van der Waals surface area (Å²) in [7, 11) is 0. The third-order valence-electron chi connectivity index (χ3n) is 4.83. The van der Waals surface area contributed by atoms with Crippen molar-refractivity contribution in [3.8, 4) is 0 Å². The van der Waals surface area contributed by atoms with Crippen LogP contribution in [0.5, 0.6) is 0 Å². The van der Waals surface area contributed by atoms with Crippen LogP contribution in [-0.2, 0) is 9.59 Å². The van der Waals surface area contributed by atoms with Crippen LogP contribution in [0.3, 0.4) is 0 Å². The van der Waals surface area contributed by atoms with Gasteiger partial charge in [0.25, 0.3) is 5.95 Å². The van der Waals surface area contributed by atoms with Gasteiger partial charge in [0.15, 0.2) is 0 Å². The first-order chi connectivity index (χ1) is 13.0. The molecule has 9 nitrogen and oxygen atoms in total. The molecule has 0 spiro atoms. The minimum Gasteiger partial charge on any atom is -0.286 e.